The minimum absolute atomic E-state index is 0.282. The highest BCUT2D eigenvalue weighted by molar-refractivity contribution is 5.22. The van der Waals surface area contributed by atoms with E-state index in [0.717, 1.165) is 37.7 Å². The predicted octanol–water partition coefficient (Wildman–Crippen LogP) is 4.18. The van der Waals surface area contributed by atoms with Gasteiger partial charge in [0.15, 0.2) is 0 Å². The Labute approximate surface area is 107 Å². The number of hydrogen-bond donors (Lipinski definition) is 1. The molecule has 0 spiro atoms. The predicted molar refractivity (Wildman–Crippen MR) is 69.0 cm³/mol. The maximum atomic E-state index is 13.7. The van der Waals surface area contributed by atoms with E-state index < -0.39 is 5.82 Å². The lowest BCUT2D eigenvalue weighted by Gasteiger charge is -2.32. The molecule has 2 rings (SSSR count). The van der Waals surface area contributed by atoms with Crippen molar-refractivity contribution in [2.45, 2.75) is 45.1 Å². The first kappa shape index (κ1) is 13.5. The van der Waals surface area contributed by atoms with Crippen molar-refractivity contribution in [2.24, 2.45) is 17.6 Å². The second kappa shape index (κ2) is 5.79. The van der Waals surface area contributed by atoms with Crippen molar-refractivity contribution in [3.63, 3.8) is 0 Å². The maximum absolute atomic E-state index is 13.7. The molecular weight excluding hydrogens is 232 g/mol. The Morgan fingerprint density at radius 1 is 1.22 bits per heavy atom. The molecule has 1 saturated carbocycles. The highest BCUT2D eigenvalue weighted by atomic mass is 19.1. The highest BCUT2D eigenvalue weighted by Crippen LogP contribution is 2.37. The molecule has 1 aliphatic carbocycles. The molecule has 18 heavy (non-hydrogen) atoms. The smallest absolute Gasteiger partial charge is 0.128 e. The van der Waals surface area contributed by atoms with E-state index in [4.69, 9.17) is 5.73 Å². The van der Waals surface area contributed by atoms with Gasteiger partial charge >= 0.3 is 0 Å². The summed E-state index contributed by atoms with van der Waals surface area (Å²) in [6.07, 6.45) is 5.57. The highest BCUT2D eigenvalue weighted by Gasteiger charge is 2.27. The normalized spacial score (nSPS) is 26.0. The molecule has 3 heteroatoms. The van der Waals surface area contributed by atoms with E-state index in [-0.39, 0.29) is 17.8 Å². The van der Waals surface area contributed by atoms with Crippen molar-refractivity contribution in [1.82, 2.24) is 0 Å². The zero-order valence-electron chi connectivity index (χ0n) is 10.8. The third kappa shape index (κ3) is 2.89. The lowest BCUT2D eigenvalue weighted by molar-refractivity contribution is 0.237. The Bertz CT molecular complexity index is 397. The molecule has 1 unspecified atom stereocenters. The summed E-state index contributed by atoms with van der Waals surface area (Å²) in [6.45, 7) is 2.21. The Balaban J connectivity index is 2.07. The minimum Gasteiger partial charge on any atom is -0.324 e. The van der Waals surface area contributed by atoms with Gasteiger partial charge in [0.25, 0.3) is 0 Å². The Hall–Kier alpha value is -0.960. The van der Waals surface area contributed by atoms with Crippen molar-refractivity contribution < 1.29 is 8.78 Å². The van der Waals surface area contributed by atoms with Gasteiger partial charge in [0, 0.05) is 11.6 Å². The largest absolute Gasteiger partial charge is 0.324 e. The number of halogens is 2. The molecule has 2 N–H and O–H groups in total. The summed E-state index contributed by atoms with van der Waals surface area (Å²) >= 11 is 0. The fraction of sp³-hybridized carbons (Fsp3) is 0.600. The van der Waals surface area contributed by atoms with Gasteiger partial charge in [-0.3, -0.25) is 0 Å². The van der Waals surface area contributed by atoms with Gasteiger partial charge in [-0.2, -0.15) is 0 Å². The van der Waals surface area contributed by atoms with Crippen LogP contribution < -0.4 is 5.73 Å². The van der Waals surface area contributed by atoms with Crippen LogP contribution >= 0.6 is 0 Å². The van der Waals surface area contributed by atoms with Crippen LogP contribution in [0, 0.1) is 23.5 Å². The molecule has 1 nitrogen and oxygen atoms in total. The molecule has 1 atom stereocenters. The molecule has 1 aromatic rings. The number of benzene rings is 1. The summed E-state index contributed by atoms with van der Waals surface area (Å²) in [4.78, 5) is 0. The summed E-state index contributed by atoms with van der Waals surface area (Å²) in [5.41, 5.74) is 6.45. The average molecular weight is 253 g/mol. The topological polar surface area (TPSA) is 26.0 Å². The second-order valence-electron chi connectivity index (χ2n) is 5.38. The van der Waals surface area contributed by atoms with Crippen LogP contribution in [0.1, 0.15) is 50.6 Å². The van der Waals surface area contributed by atoms with E-state index >= 15 is 0 Å². The first-order chi connectivity index (χ1) is 8.61. The van der Waals surface area contributed by atoms with Crippen LogP contribution in [0.15, 0.2) is 18.2 Å². The standard InChI is InChI=1S/C15H21F2N/c1-2-10-3-5-11(6-4-10)15(18)13-9-12(16)7-8-14(13)17/h7-11,15H,2-6,18H2,1H3. The Morgan fingerprint density at radius 3 is 2.50 bits per heavy atom. The molecule has 0 bridgehead atoms. The first-order valence-electron chi connectivity index (χ1n) is 6.82. The molecular formula is C15H21F2N. The van der Waals surface area contributed by atoms with Crippen molar-refractivity contribution in [3.05, 3.63) is 35.4 Å². The maximum Gasteiger partial charge on any atom is 0.128 e. The molecule has 1 aliphatic rings. The summed E-state index contributed by atoms with van der Waals surface area (Å²) in [7, 11) is 0. The van der Waals surface area contributed by atoms with Crippen molar-refractivity contribution >= 4 is 0 Å². The van der Waals surface area contributed by atoms with Gasteiger partial charge in [-0.1, -0.05) is 26.2 Å². The van der Waals surface area contributed by atoms with Gasteiger partial charge in [0.2, 0.25) is 0 Å². The molecule has 0 saturated heterocycles. The summed E-state index contributed by atoms with van der Waals surface area (Å²) in [6, 6.07) is 3.17. The van der Waals surface area contributed by atoms with Gasteiger partial charge in [0.1, 0.15) is 11.6 Å². The van der Waals surface area contributed by atoms with Crippen LogP contribution in [-0.2, 0) is 0 Å². The van der Waals surface area contributed by atoms with Gasteiger partial charge in [0.05, 0.1) is 0 Å². The molecule has 0 radical (unpaired) electrons. The lowest BCUT2D eigenvalue weighted by atomic mass is 9.76. The molecule has 1 aromatic carbocycles. The van der Waals surface area contributed by atoms with Crippen molar-refractivity contribution in [2.75, 3.05) is 0 Å². The van der Waals surface area contributed by atoms with E-state index in [1.54, 1.807) is 0 Å². The van der Waals surface area contributed by atoms with E-state index in [9.17, 15) is 8.78 Å². The van der Waals surface area contributed by atoms with Crippen LogP contribution in [0.2, 0.25) is 0 Å². The van der Waals surface area contributed by atoms with Gasteiger partial charge in [-0.05, 0) is 42.9 Å². The zero-order valence-corrected chi connectivity index (χ0v) is 10.8. The molecule has 0 aliphatic heterocycles. The molecule has 1 fully saturated rings. The van der Waals surface area contributed by atoms with Gasteiger partial charge < -0.3 is 5.73 Å². The molecule has 0 heterocycles. The lowest BCUT2D eigenvalue weighted by Crippen LogP contribution is -2.26. The Morgan fingerprint density at radius 2 is 1.89 bits per heavy atom. The summed E-state index contributed by atoms with van der Waals surface area (Å²) < 4.78 is 26.8. The monoisotopic (exact) mass is 253 g/mol. The quantitative estimate of drug-likeness (QED) is 0.859. The van der Waals surface area contributed by atoms with E-state index in [1.807, 2.05) is 0 Å². The van der Waals surface area contributed by atoms with E-state index in [1.165, 1.54) is 18.6 Å². The van der Waals surface area contributed by atoms with Crippen molar-refractivity contribution in [3.8, 4) is 0 Å². The van der Waals surface area contributed by atoms with Crippen LogP contribution in [0.4, 0.5) is 8.78 Å². The number of hydrogen-bond acceptors (Lipinski definition) is 1. The fourth-order valence-corrected chi connectivity index (χ4v) is 2.98. The van der Waals surface area contributed by atoms with Gasteiger partial charge in [-0.25, -0.2) is 8.78 Å². The van der Waals surface area contributed by atoms with Crippen LogP contribution in [0.3, 0.4) is 0 Å². The third-order valence-corrected chi connectivity index (χ3v) is 4.29. The first-order valence-corrected chi connectivity index (χ1v) is 6.82. The summed E-state index contributed by atoms with van der Waals surface area (Å²) in [5, 5.41) is 0. The average Bonchev–Trinajstić information content (AvgIpc) is 2.41. The van der Waals surface area contributed by atoms with Crippen LogP contribution in [0.25, 0.3) is 0 Å². The van der Waals surface area contributed by atoms with Gasteiger partial charge in [-0.15, -0.1) is 0 Å². The fourth-order valence-electron chi connectivity index (χ4n) is 2.98. The third-order valence-electron chi connectivity index (χ3n) is 4.29. The van der Waals surface area contributed by atoms with Crippen LogP contribution in [-0.4, -0.2) is 0 Å². The molecule has 0 amide bonds. The van der Waals surface area contributed by atoms with E-state index in [0.29, 0.717) is 5.56 Å². The second-order valence-corrected chi connectivity index (χ2v) is 5.38. The zero-order chi connectivity index (χ0) is 13.1. The SMILES string of the molecule is CCC1CCC(C(N)c2cc(F)ccc2F)CC1. The summed E-state index contributed by atoms with van der Waals surface area (Å²) in [5.74, 6) is 0.264. The van der Waals surface area contributed by atoms with Crippen LogP contribution in [0.5, 0.6) is 0 Å². The van der Waals surface area contributed by atoms with Crippen molar-refractivity contribution in [1.29, 1.82) is 0 Å². The molecule has 100 valence electrons. The minimum atomic E-state index is -0.413. The Kier molecular flexibility index (Phi) is 4.33. The van der Waals surface area contributed by atoms with E-state index in [2.05, 4.69) is 6.92 Å². The number of nitrogens with two attached hydrogens (primary N) is 1. The number of rotatable bonds is 3. The molecule has 0 aromatic heterocycles.